The molecule has 5 heteroatoms. The molecule has 0 atom stereocenters. The summed E-state index contributed by atoms with van der Waals surface area (Å²) in [4.78, 5) is 10.7. The molecule has 0 amide bonds. The molecule has 1 fully saturated rings. The average Bonchev–Trinajstić information content (AvgIpc) is 2.91. The van der Waals surface area contributed by atoms with Crippen LogP contribution in [0.4, 0.5) is 0 Å². The van der Waals surface area contributed by atoms with Gasteiger partial charge in [0.25, 0.3) is 0 Å². The number of carboxylic acid groups (broad SMARTS) is 1. The highest BCUT2D eigenvalue weighted by atomic mass is 32.2. The van der Waals surface area contributed by atoms with E-state index in [1.807, 2.05) is 13.8 Å². The first-order valence-electron chi connectivity index (χ1n) is 6.25. The van der Waals surface area contributed by atoms with Crippen molar-refractivity contribution in [1.82, 2.24) is 0 Å². The molecule has 0 spiro atoms. The topological polar surface area (TPSA) is 71.4 Å². The third kappa shape index (κ3) is 4.66. The summed E-state index contributed by atoms with van der Waals surface area (Å²) in [5.74, 6) is -0.412. The van der Waals surface area contributed by atoms with E-state index in [1.54, 1.807) is 0 Å². The number of carbonyl (C=O) groups is 1. The van der Waals surface area contributed by atoms with Crippen molar-refractivity contribution in [3.63, 3.8) is 0 Å². The van der Waals surface area contributed by atoms with Gasteiger partial charge in [0.15, 0.2) is 9.84 Å². The van der Waals surface area contributed by atoms with Crippen LogP contribution in [0.1, 0.15) is 46.0 Å². The summed E-state index contributed by atoms with van der Waals surface area (Å²) in [5, 5.41) is 8.77. The molecule has 17 heavy (non-hydrogen) atoms. The van der Waals surface area contributed by atoms with Gasteiger partial charge in [0.1, 0.15) is 0 Å². The van der Waals surface area contributed by atoms with Crippen molar-refractivity contribution < 1.29 is 18.3 Å². The molecule has 0 aromatic heterocycles. The summed E-state index contributed by atoms with van der Waals surface area (Å²) < 4.78 is 24.0. The third-order valence-electron chi connectivity index (χ3n) is 3.65. The van der Waals surface area contributed by atoms with Crippen LogP contribution in [0, 0.1) is 11.3 Å². The quantitative estimate of drug-likeness (QED) is 0.727. The Hall–Kier alpha value is -0.580. The monoisotopic (exact) mass is 262 g/mol. The van der Waals surface area contributed by atoms with Crippen LogP contribution in [0.3, 0.4) is 0 Å². The van der Waals surface area contributed by atoms with Crippen LogP contribution >= 0.6 is 0 Å². The molecule has 100 valence electrons. The van der Waals surface area contributed by atoms with Gasteiger partial charge in [0.05, 0.1) is 17.9 Å². The molecule has 0 saturated heterocycles. The number of rotatable bonds is 8. The molecule has 1 aliphatic rings. The second-order valence-corrected chi connectivity index (χ2v) is 7.42. The largest absolute Gasteiger partial charge is 0.481 e. The Morgan fingerprint density at radius 2 is 1.82 bits per heavy atom. The molecule has 0 heterocycles. The minimum absolute atomic E-state index is 0.00481. The van der Waals surface area contributed by atoms with Gasteiger partial charge >= 0.3 is 5.97 Å². The van der Waals surface area contributed by atoms with Gasteiger partial charge in [-0.2, -0.15) is 0 Å². The van der Waals surface area contributed by atoms with Gasteiger partial charge in [-0.1, -0.05) is 26.7 Å². The van der Waals surface area contributed by atoms with Crippen molar-refractivity contribution in [1.29, 1.82) is 0 Å². The lowest BCUT2D eigenvalue weighted by atomic mass is 10.1. The van der Waals surface area contributed by atoms with E-state index in [4.69, 9.17) is 5.11 Å². The van der Waals surface area contributed by atoms with Crippen molar-refractivity contribution in [2.24, 2.45) is 11.3 Å². The van der Waals surface area contributed by atoms with E-state index in [0.29, 0.717) is 0 Å². The molecule has 0 aliphatic heterocycles. The maximum Gasteiger partial charge on any atom is 0.303 e. The van der Waals surface area contributed by atoms with Crippen LogP contribution in [0.25, 0.3) is 0 Å². The summed E-state index contributed by atoms with van der Waals surface area (Å²) in [5.41, 5.74) is -0.448. The second-order valence-electron chi connectivity index (χ2n) is 5.31. The molecule has 0 unspecified atom stereocenters. The van der Waals surface area contributed by atoms with Gasteiger partial charge in [-0.15, -0.1) is 0 Å². The molecular formula is C12H22O4S. The van der Waals surface area contributed by atoms with Crippen LogP contribution in [0.15, 0.2) is 0 Å². The molecule has 1 saturated carbocycles. The normalized spacial score (nSPS) is 18.3. The Morgan fingerprint density at radius 3 is 2.18 bits per heavy atom. The molecule has 1 N–H and O–H groups in total. The lowest BCUT2D eigenvalue weighted by molar-refractivity contribution is -0.138. The van der Waals surface area contributed by atoms with E-state index in [0.717, 1.165) is 25.7 Å². The first-order valence-corrected chi connectivity index (χ1v) is 8.07. The molecule has 1 aliphatic carbocycles. The van der Waals surface area contributed by atoms with Gasteiger partial charge in [-0.05, 0) is 24.2 Å². The highest BCUT2D eigenvalue weighted by Crippen LogP contribution is 2.50. The molecule has 0 aromatic rings. The first-order chi connectivity index (χ1) is 7.82. The summed E-state index contributed by atoms with van der Waals surface area (Å²) >= 11 is 0. The van der Waals surface area contributed by atoms with E-state index in [2.05, 4.69) is 0 Å². The van der Waals surface area contributed by atoms with E-state index >= 15 is 0 Å². The fraction of sp³-hybridized carbons (Fsp3) is 0.917. The zero-order valence-electron chi connectivity index (χ0n) is 10.6. The van der Waals surface area contributed by atoms with Crippen molar-refractivity contribution in [3.8, 4) is 0 Å². The molecule has 0 aromatic carbocycles. The summed E-state index contributed by atoms with van der Waals surface area (Å²) in [6.45, 7) is 3.99. The molecule has 0 bridgehead atoms. The zero-order valence-corrected chi connectivity index (χ0v) is 11.4. The Balaban J connectivity index is 2.58. The number of aliphatic carboxylic acids is 1. The molecule has 4 nitrogen and oxygen atoms in total. The van der Waals surface area contributed by atoms with Gasteiger partial charge in [-0.25, -0.2) is 8.42 Å². The van der Waals surface area contributed by atoms with Crippen molar-refractivity contribution >= 4 is 15.8 Å². The smallest absolute Gasteiger partial charge is 0.303 e. The maximum atomic E-state index is 12.0. The van der Waals surface area contributed by atoms with Gasteiger partial charge in [-0.3, -0.25) is 4.79 Å². The lowest BCUT2D eigenvalue weighted by Crippen LogP contribution is -2.25. The number of hydrogen-bond donors (Lipinski definition) is 1. The van der Waals surface area contributed by atoms with Crippen LogP contribution in [-0.2, 0) is 14.6 Å². The summed E-state index contributed by atoms with van der Waals surface area (Å²) in [7, 11) is -3.11. The highest BCUT2D eigenvalue weighted by molar-refractivity contribution is 7.91. The Labute approximate surface area is 103 Å². The highest BCUT2D eigenvalue weighted by Gasteiger charge is 2.47. The summed E-state index contributed by atoms with van der Waals surface area (Å²) in [6, 6.07) is 0. The predicted octanol–water partition coefficient (Wildman–Crippen LogP) is 2.09. The SMILES string of the molecule is CCC(CC)CS(=O)(=O)CC1(CC(=O)O)CC1. The average molecular weight is 262 g/mol. The summed E-state index contributed by atoms with van der Waals surface area (Å²) in [6.07, 6.45) is 3.20. The molecular weight excluding hydrogens is 240 g/mol. The molecule has 1 rings (SSSR count). The van der Waals surface area contributed by atoms with E-state index in [9.17, 15) is 13.2 Å². The Kier molecular flexibility index (Phi) is 4.58. The standard InChI is InChI=1S/C12H22O4S/c1-3-10(4-2)8-17(15,16)9-12(5-6-12)7-11(13)14/h10H,3-9H2,1-2H3,(H,13,14). The van der Waals surface area contributed by atoms with Gasteiger partial charge in [0.2, 0.25) is 0 Å². The van der Waals surface area contributed by atoms with Gasteiger partial charge < -0.3 is 5.11 Å². The van der Waals surface area contributed by atoms with Crippen LogP contribution in [0.2, 0.25) is 0 Å². The van der Waals surface area contributed by atoms with E-state index in [1.165, 1.54) is 0 Å². The van der Waals surface area contributed by atoms with E-state index < -0.39 is 21.2 Å². The third-order valence-corrected chi connectivity index (χ3v) is 5.69. The minimum atomic E-state index is -3.11. The fourth-order valence-electron chi connectivity index (χ4n) is 2.28. The minimum Gasteiger partial charge on any atom is -0.481 e. The van der Waals surface area contributed by atoms with Crippen molar-refractivity contribution in [2.75, 3.05) is 11.5 Å². The van der Waals surface area contributed by atoms with Crippen LogP contribution < -0.4 is 0 Å². The molecule has 0 radical (unpaired) electrons. The number of hydrogen-bond acceptors (Lipinski definition) is 3. The van der Waals surface area contributed by atoms with Crippen molar-refractivity contribution in [2.45, 2.75) is 46.0 Å². The number of sulfone groups is 1. The Bertz CT molecular complexity index is 364. The Morgan fingerprint density at radius 1 is 1.29 bits per heavy atom. The van der Waals surface area contributed by atoms with Crippen molar-refractivity contribution in [3.05, 3.63) is 0 Å². The van der Waals surface area contributed by atoms with Crippen LogP contribution in [0.5, 0.6) is 0 Å². The maximum absolute atomic E-state index is 12.0. The van der Waals surface area contributed by atoms with Crippen LogP contribution in [-0.4, -0.2) is 31.0 Å². The lowest BCUT2D eigenvalue weighted by Gasteiger charge is -2.16. The zero-order chi connectivity index (χ0) is 13.1. The van der Waals surface area contributed by atoms with E-state index in [-0.39, 0.29) is 23.8 Å². The predicted molar refractivity (Wildman–Crippen MR) is 66.6 cm³/mol. The fourth-order valence-corrected chi connectivity index (χ4v) is 4.91. The van der Waals surface area contributed by atoms with Gasteiger partial charge in [0, 0.05) is 0 Å². The number of carboxylic acids is 1. The first kappa shape index (κ1) is 14.5. The second kappa shape index (κ2) is 5.38.